The van der Waals surface area contributed by atoms with Crippen LogP contribution in [0.3, 0.4) is 0 Å². The second-order valence-electron chi connectivity index (χ2n) is 1.78. The van der Waals surface area contributed by atoms with Gasteiger partial charge in [0.2, 0.25) is 0 Å². The van der Waals surface area contributed by atoms with Gasteiger partial charge in [0.1, 0.15) is 0 Å². The van der Waals surface area contributed by atoms with E-state index in [2.05, 4.69) is 68.3 Å². The number of halogens is 3. The molecule has 0 amide bonds. The molecule has 10 heavy (non-hydrogen) atoms. The van der Waals surface area contributed by atoms with Gasteiger partial charge in [0.25, 0.3) is 0 Å². The summed E-state index contributed by atoms with van der Waals surface area (Å²) < 4.78 is 4.26. The van der Waals surface area contributed by atoms with Gasteiger partial charge in [-0.25, -0.2) is 0 Å². The Morgan fingerprint density at radius 3 is 2.00 bits per heavy atom. The molecule has 0 bridgehead atoms. The fourth-order valence-corrected chi connectivity index (χ4v) is 5.05. The maximum atomic E-state index is 2.37. The van der Waals surface area contributed by atoms with Gasteiger partial charge in [-0.3, -0.25) is 0 Å². The van der Waals surface area contributed by atoms with Gasteiger partial charge < -0.3 is 0 Å². The summed E-state index contributed by atoms with van der Waals surface area (Å²) in [5, 5.41) is 0. The van der Waals surface area contributed by atoms with Crippen LogP contribution in [0.25, 0.3) is 0 Å². The molecule has 0 saturated heterocycles. The Balaban J connectivity index is 3.06. The van der Waals surface area contributed by atoms with Crippen molar-refractivity contribution in [2.45, 2.75) is 0 Å². The Hall–Kier alpha value is 1.41. The van der Waals surface area contributed by atoms with Crippen molar-refractivity contribution in [3.05, 3.63) is 28.9 Å². The summed E-state index contributed by atoms with van der Waals surface area (Å²) in [6.07, 6.45) is 0. The van der Waals surface area contributed by atoms with E-state index >= 15 is 0 Å². The van der Waals surface area contributed by atoms with Gasteiger partial charge in [0, 0.05) is 0 Å². The average molecular weight is 471 g/mol. The first kappa shape index (κ1) is 9.50. The Kier molecular flexibility index (Phi) is 4.22. The van der Waals surface area contributed by atoms with Crippen molar-refractivity contribution in [2.75, 3.05) is 4.93 Å². The normalized spacial score (nSPS) is 10.3. The zero-order chi connectivity index (χ0) is 7.56. The number of hydrogen-bond donors (Lipinski definition) is 0. The Labute approximate surface area is 98.7 Å². The summed E-state index contributed by atoms with van der Waals surface area (Å²) in [6, 6.07) is 6.75. The number of alkyl halides is 1. The molecule has 0 aliphatic carbocycles. The Bertz CT molecular complexity index is 212. The molecule has 0 spiro atoms. The quantitative estimate of drug-likeness (QED) is 0.393. The van der Waals surface area contributed by atoms with Crippen molar-refractivity contribution in [3.63, 3.8) is 0 Å². The minimum absolute atomic E-state index is 0.266. The molecule has 0 unspecified atom stereocenters. The molecule has 0 aliphatic rings. The molecule has 0 fully saturated rings. The predicted octanol–water partition coefficient (Wildman–Crippen LogP) is -0.216. The summed E-state index contributed by atoms with van der Waals surface area (Å²) in [5.74, 6) is 0. The van der Waals surface area contributed by atoms with Crippen LogP contribution in [0.1, 0.15) is 0 Å². The molecule has 1 aromatic carbocycles. The van der Waals surface area contributed by atoms with Crippen LogP contribution in [0, 0.1) is 10.7 Å². The van der Waals surface area contributed by atoms with E-state index in [4.69, 9.17) is 0 Å². The third-order valence-corrected chi connectivity index (χ3v) is 4.16. The first-order chi connectivity index (χ1) is 4.72. The van der Waals surface area contributed by atoms with Gasteiger partial charge in [-0.05, 0) is 0 Å². The Morgan fingerprint density at radius 1 is 1.10 bits per heavy atom. The molecule has 0 atom stereocenters. The fraction of sp³-hybridized carbons (Fsp3) is 0.143. The van der Waals surface area contributed by atoms with E-state index in [0.717, 1.165) is 0 Å². The van der Waals surface area contributed by atoms with Crippen LogP contribution in [0.4, 0.5) is 0 Å². The second kappa shape index (κ2) is 4.44. The monoisotopic (exact) mass is 471 g/mol. The van der Waals surface area contributed by atoms with E-state index in [-0.39, 0.29) is 21.2 Å². The molecule has 0 radical (unpaired) electrons. The van der Waals surface area contributed by atoms with Crippen LogP contribution < -0.4 is 21.2 Å². The van der Waals surface area contributed by atoms with Crippen LogP contribution in [0.15, 0.2) is 18.2 Å². The van der Waals surface area contributed by atoms with Gasteiger partial charge >= 0.3 is 100 Å². The third-order valence-electron chi connectivity index (χ3n) is 1.05. The summed E-state index contributed by atoms with van der Waals surface area (Å²) in [5.41, 5.74) is 0. The first-order valence-corrected chi connectivity index (χ1v) is 8.07. The van der Waals surface area contributed by atoms with E-state index in [9.17, 15) is 0 Å². The van der Waals surface area contributed by atoms with E-state index in [1.807, 2.05) is 0 Å². The molecule has 0 aliphatic heterocycles. The molecule has 0 saturated carbocycles. The van der Waals surface area contributed by atoms with Crippen molar-refractivity contribution < 1.29 is 21.2 Å². The fourth-order valence-electron chi connectivity index (χ4n) is 0.629. The Morgan fingerprint density at radius 2 is 1.60 bits per heavy atom. The molecule has 0 aromatic heterocycles. The molecular weight excluding hydrogens is 465 g/mol. The first-order valence-electron chi connectivity index (χ1n) is 2.68. The van der Waals surface area contributed by atoms with Crippen molar-refractivity contribution in [1.82, 2.24) is 0 Å². The summed E-state index contributed by atoms with van der Waals surface area (Å²) in [4.78, 5) is 2.29. The van der Waals surface area contributed by atoms with Crippen LogP contribution in [-0.2, 0) is 0 Å². The topological polar surface area (TPSA) is 0 Å². The molecule has 0 nitrogen and oxygen atoms in total. The van der Waals surface area contributed by atoms with Crippen molar-refractivity contribution in [1.29, 1.82) is 0 Å². The average Bonchev–Trinajstić information content (AvgIpc) is 1.85. The third kappa shape index (κ3) is 2.80. The van der Waals surface area contributed by atoms with Gasteiger partial charge in [-0.2, -0.15) is 0 Å². The van der Waals surface area contributed by atoms with E-state index in [1.54, 1.807) is 0 Å². The molecule has 56 valence electrons. The molecular formula is C7H6I3-. The zero-order valence-electron chi connectivity index (χ0n) is 5.37. The summed E-state index contributed by atoms with van der Waals surface area (Å²) >= 11 is 5.00. The molecule has 1 rings (SSSR count). The predicted molar refractivity (Wildman–Crippen MR) is 56.5 cm³/mol. The van der Waals surface area contributed by atoms with E-state index in [1.165, 1.54) is 10.7 Å². The number of rotatable bonds is 1. The van der Waals surface area contributed by atoms with Crippen LogP contribution in [0.5, 0.6) is 0 Å². The molecule has 0 N–H and O–H groups in total. The van der Waals surface area contributed by atoms with Gasteiger partial charge in [0.05, 0.1) is 0 Å². The van der Waals surface area contributed by atoms with Crippen molar-refractivity contribution >= 4 is 45.2 Å². The van der Waals surface area contributed by atoms with Crippen LogP contribution in [-0.4, -0.2) is 4.93 Å². The summed E-state index contributed by atoms with van der Waals surface area (Å²) in [6.45, 7) is 0. The van der Waals surface area contributed by atoms with Gasteiger partial charge in [-0.1, -0.05) is 0 Å². The molecule has 1 aromatic rings. The summed E-state index contributed by atoms with van der Waals surface area (Å²) in [7, 11) is 0. The standard InChI is InChI=1S/C7H6I3/c1-10-7-3-5(8)2-6(9)4-7/h2-4H,1H3/q-1. The van der Waals surface area contributed by atoms with Crippen LogP contribution in [0.2, 0.25) is 0 Å². The van der Waals surface area contributed by atoms with Gasteiger partial charge in [-0.15, -0.1) is 0 Å². The minimum atomic E-state index is 0.266. The molecule has 3 heteroatoms. The number of hydrogen-bond acceptors (Lipinski definition) is 0. The SMILES string of the molecule is C[I-]c1cc(I)cc(I)c1. The maximum absolute atomic E-state index is 2.37. The second-order valence-corrected chi connectivity index (χ2v) is 6.59. The van der Waals surface area contributed by atoms with E-state index < -0.39 is 0 Å². The van der Waals surface area contributed by atoms with Crippen molar-refractivity contribution in [2.24, 2.45) is 0 Å². The van der Waals surface area contributed by atoms with Crippen LogP contribution >= 0.6 is 45.2 Å². The number of benzene rings is 1. The van der Waals surface area contributed by atoms with E-state index in [0.29, 0.717) is 0 Å². The van der Waals surface area contributed by atoms with Crippen molar-refractivity contribution in [3.8, 4) is 0 Å². The van der Waals surface area contributed by atoms with Gasteiger partial charge in [0.15, 0.2) is 0 Å². The molecule has 0 heterocycles. The zero-order valence-corrected chi connectivity index (χ0v) is 11.8.